The summed E-state index contributed by atoms with van der Waals surface area (Å²) in [5.74, 6) is 0.652. The van der Waals surface area contributed by atoms with Crippen molar-refractivity contribution in [3.8, 4) is 0 Å². The van der Waals surface area contributed by atoms with Crippen molar-refractivity contribution in [2.75, 3.05) is 6.61 Å². The predicted octanol–water partition coefficient (Wildman–Crippen LogP) is 2.76. The molecular weight excluding hydrogens is 228 g/mol. The van der Waals surface area contributed by atoms with E-state index in [-0.39, 0.29) is 23.4 Å². The third kappa shape index (κ3) is 2.18. The molecule has 0 bridgehead atoms. The number of aliphatic hydroxyl groups excluding tert-OH is 1. The van der Waals surface area contributed by atoms with E-state index in [2.05, 4.69) is 6.92 Å². The molecule has 3 heteroatoms. The van der Waals surface area contributed by atoms with E-state index in [0.29, 0.717) is 18.4 Å². The van der Waals surface area contributed by atoms with Crippen LogP contribution in [0.2, 0.25) is 0 Å². The first-order valence-electron chi connectivity index (χ1n) is 7.35. The minimum atomic E-state index is -0.164. The van der Waals surface area contributed by atoms with E-state index in [9.17, 15) is 9.90 Å². The van der Waals surface area contributed by atoms with Crippen molar-refractivity contribution in [3.05, 3.63) is 0 Å². The van der Waals surface area contributed by atoms with Crippen molar-refractivity contribution in [3.63, 3.8) is 0 Å². The number of ether oxygens (including phenoxy) is 1. The van der Waals surface area contributed by atoms with Crippen LogP contribution in [0.15, 0.2) is 0 Å². The SMILES string of the molecule is CCOC(=O)[C@H](C)[C@H]1CC[C@@H]2[C@@H](O)CCC[C@@]21C. The van der Waals surface area contributed by atoms with Crippen molar-refractivity contribution in [1.29, 1.82) is 0 Å². The summed E-state index contributed by atoms with van der Waals surface area (Å²) in [7, 11) is 0. The molecule has 104 valence electrons. The summed E-state index contributed by atoms with van der Waals surface area (Å²) < 4.78 is 5.17. The molecule has 0 unspecified atom stereocenters. The molecule has 5 atom stereocenters. The number of hydrogen-bond acceptors (Lipinski definition) is 3. The summed E-state index contributed by atoms with van der Waals surface area (Å²) in [4.78, 5) is 11.9. The number of hydrogen-bond donors (Lipinski definition) is 1. The van der Waals surface area contributed by atoms with Crippen LogP contribution in [0.1, 0.15) is 52.9 Å². The summed E-state index contributed by atoms with van der Waals surface area (Å²) in [6.07, 6.45) is 5.11. The minimum Gasteiger partial charge on any atom is -0.466 e. The molecule has 1 N–H and O–H groups in total. The van der Waals surface area contributed by atoms with E-state index >= 15 is 0 Å². The summed E-state index contributed by atoms with van der Waals surface area (Å²) in [6.45, 7) is 6.58. The van der Waals surface area contributed by atoms with Crippen molar-refractivity contribution < 1.29 is 14.6 Å². The number of rotatable bonds is 3. The van der Waals surface area contributed by atoms with Crippen LogP contribution in [-0.4, -0.2) is 23.8 Å². The Balaban J connectivity index is 2.12. The van der Waals surface area contributed by atoms with Crippen LogP contribution in [0.3, 0.4) is 0 Å². The van der Waals surface area contributed by atoms with Gasteiger partial charge in [-0.2, -0.15) is 0 Å². The Hall–Kier alpha value is -0.570. The largest absolute Gasteiger partial charge is 0.466 e. The predicted molar refractivity (Wildman–Crippen MR) is 70.0 cm³/mol. The van der Waals surface area contributed by atoms with E-state index < -0.39 is 0 Å². The standard InChI is InChI=1S/C15H26O3/c1-4-18-14(17)10(2)11-7-8-12-13(16)6-5-9-15(11,12)3/h10-13,16H,4-9H2,1-3H3/t10-,11-,12-,13+,15-/m1/s1. The van der Waals surface area contributed by atoms with Crippen molar-refractivity contribution >= 4 is 5.97 Å². The molecule has 2 saturated carbocycles. The van der Waals surface area contributed by atoms with Gasteiger partial charge in [0.25, 0.3) is 0 Å². The Morgan fingerprint density at radius 2 is 2.17 bits per heavy atom. The Kier molecular flexibility index (Phi) is 4.00. The maximum Gasteiger partial charge on any atom is 0.308 e. The van der Waals surface area contributed by atoms with Gasteiger partial charge in [0.05, 0.1) is 18.6 Å². The highest BCUT2D eigenvalue weighted by atomic mass is 16.5. The van der Waals surface area contributed by atoms with Gasteiger partial charge in [-0.1, -0.05) is 20.3 Å². The summed E-state index contributed by atoms with van der Waals surface area (Å²) in [5, 5.41) is 10.2. The fourth-order valence-corrected chi connectivity index (χ4v) is 4.45. The summed E-state index contributed by atoms with van der Waals surface area (Å²) >= 11 is 0. The smallest absolute Gasteiger partial charge is 0.308 e. The molecule has 2 aliphatic carbocycles. The van der Waals surface area contributed by atoms with Crippen LogP contribution < -0.4 is 0 Å². The lowest BCUT2D eigenvalue weighted by molar-refractivity contribution is -0.152. The Labute approximate surface area is 110 Å². The topological polar surface area (TPSA) is 46.5 Å². The lowest BCUT2D eigenvalue weighted by Crippen LogP contribution is -2.42. The van der Waals surface area contributed by atoms with Crippen LogP contribution >= 0.6 is 0 Å². The molecule has 0 aromatic heterocycles. The molecule has 0 aromatic rings. The van der Waals surface area contributed by atoms with Gasteiger partial charge in [-0.3, -0.25) is 4.79 Å². The van der Waals surface area contributed by atoms with Gasteiger partial charge in [0.15, 0.2) is 0 Å². The molecule has 3 nitrogen and oxygen atoms in total. The number of aliphatic hydroxyl groups is 1. The number of esters is 1. The van der Waals surface area contributed by atoms with Gasteiger partial charge in [0.1, 0.15) is 0 Å². The normalized spacial score (nSPS) is 41.2. The number of carbonyl (C=O) groups is 1. The van der Waals surface area contributed by atoms with Crippen LogP contribution in [0, 0.1) is 23.2 Å². The van der Waals surface area contributed by atoms with Crippen LogP contribution in [0.5, 0.6) is 0 Å². The molecule has 0 aromatic carbocycles. The molecule has 2 fully saturated rings. The second-order valence-electron chi connectivity index (χ2n) is 6.30. The second kappa shape index (κ2) is 5.20. The van der Waals surface area contributed by atoms with E-state index in [0.717, 1.165) is 32.1 Å². The van der Waals surface area contributed by atoms with Crippen LogP contribution in [0.4, 0.5) is 0 Å². The fraction of sp³-hybridized carbons (Fsp3) is 0.933. The van der Waals surface area contributed by atoms with Gasteiger partial charge in [0.2, 0.25) is 0 Å². The Morgan fingerprint density at radius 1 is 1.44 bits per heavy atom. The molecular formula is C15H26O3. The van der Waals surface area contributed by atoms with Crippen LogP contribution in [-0.2, 0) is 9.53 Å². The Morgan fingerprint density at radius 3 is 2.83 bits per heavy atom. The van der Waals surface area contributed by atoms with Gasteiger partial charge in [-0.05, 0) is 49.9 Å². The monoisotopic (exact) mass is 254 g/mol. The number of carbonyl (C=O) groups excluding carboxylic acids is 1. The van der Waals surface area contributed by atoms with Crippen molar-refractivity contribution in [2.24, 2.45) is 23.2 Å². The molecule has 2 rings (SSSR count). The number of fused-ring (bicyclic) bond motifs is 1. The Bertz CT molecular complexity index is 315. The lowest BCUT2D eigenvalue weighted by Gasteiger charge is -2.44. The maximum absolute atomic E-state index is 11.9. The zero-order valence-corrected chi connectivity index (χ0v) is 11.8. The highest BCUT2D eigenvalue weighted by molar-refractivity contribution is 5.72. The molecule has 0 heterocycles. The van der Waals surface area contributed by atoms with Crippen LogP contribution in [0.25, 0.3) is 0 Å². The summed E-state index contributed by atoms with van der Waals surface area (Å²) in [6, 6.07) is 0. The highest BCUT2D eigenvalue weighted by Crippen LogP contribution is 2.57. The fourth-order valence-electron chi connectivity index (χ4n) is 4.45. The van der Waals surface area contributed by atoms with E-state index in [1.54, 1.807) is 0 Å². The first-order valence-corrected chi connectivity index (χ1v) is 7.35. The molecule has 18 heavy (non-hydrogen) atoms. The summed E-state index contributed by atoms with van der Waals surface area (Å²) in [5.41, 5.74) is 0.129. The van der Waals surface area contributed by atoms with E-state index in [4.69, 9.17) is 4.74 Å². The maximum atomic E-state index is 11.9. The molecule has 0 saturated heterocycles. The third-order valence-electron chi connectivity index (χ3n) is 5.42. The quantitative estimate of drug-likeness (QED) is 0.788. The zero-order valence-electron chi connectivity index (χ0n) is 11.8. The lowest BCUT2D eigenvalue weighted by atomic mass is 9.62. The zero-order chi connectivity index (χ0) is 13.3. The average Bonchev–Trinajstić information content (AvgIpc) is 2.67. The second-order valence-corrected chi connectivity index (χ2v) is 6.30. The van der Waals surface area contributed by atoms with E-state index in [1.807, 2.05) is 13.8 Å². The first kappa shape index (κ1) is 13.9. The molecule has 0 aliphatic heterocycles. The van der Waals surface area contributed by atoms with Gasteiger partial charge in [-0.15, -0.1) is 0 Å². The van der Waals surface area contributed by atoms with Gasteiger partial charge in [-0.25, -0.2) is 0 Å². The van der Waals surface area contributed by atoms with Crippen molar-refractivity contribution in [2.45, 2.75) is 59.0 Å². The third-order valence-corrected chi connectivity index (χ3v) is 5.42. The van der Waals surface area contributed by atoms with E-state index in [1.165, 1.54) is 0 Å². The molecule has 0 spiro atoms. The molecule has 0 radical (unpaired) electrons. The first-order chi connectivity index (χ1) is 8.50. The molecule has 2 aliphatic rings. The van der Waals surface area contributed by atoms with Gasteiger partial charge in [0, 0.05) is 0 Å². The van der Waals surface area contributed by atoms with Crippen molar-refractivity contribution in [1.82, 2.24) is 0 Å². The highest BCUT2D eigenvalue weighted by Gasteiger charge is 2.53. The van der Waals surface area contributed by atoms with Gasteiger partial charge < -0.3 is 9.84 Å². The molecule has 0 amide bonds. The average molecular weight is 254 g/mol. The minimum absolute atomic E-state index is 0.0368. The van der Waals surface area contributed by atoms with Gasteiger partial charge >= 0.3 is 5.97 Å².